The predicted molar refractivity (Wildman–Crippen MR) is 91.1 cm³/mol. The molecule has 0 bridgehead atoms. The second-order valence-corrected chi connectivity index (χ2v) is 4.72. The second-order valence-electron chi connectivity index (χ2n) is 4.72. The van der Waals surface area contributed by atoms with Crippen molar-refractivity contribution in [2.75, 3.05) is 32.9 Å². The largest absolute Gasteiger partial charge is 0.380 e. The van der Waals surface area contributed by atoms with Crippen LogP contribution in [0.4, 0.5) is 0 Å². The van der Waals surface area contributed by atoms with Gasteiger partial charge in [-0.3, -0.25) is 0 Å². The van der Waals surface area contributed by atoms with E-state index in [4.69, 9.17) is 9.47 Å². The van der Waals surface area contributed by atoms with Crippen LogP contribution in [0.2, 0.25) is 0 Å². The molecule has 0 aliphatic carbocycles. The lowest BCUT2D eigenvalue weighted by Crippen LogP contribution is -2.39. The molecule has 0 atom stereocenters. The molecule has 22 heavy (non-hydrogen) atoms. The van der Waals surface area contributed by atoms with Crippen molar-refractivity contribution < 1.29 is 9.47 Å². The van der Waals surface area contributed by atoms with Crippen LogP contribution in [0, 0.1) is 0 Å². The van der Waals surface area contributed by atoms with Gasteiger partial charge in [0.25, 0.3) is 0 Å². The molecule has 124 valence electrons. The summed E-state index contributed by atoms with van der Waals surface area (Å²) in [7, 11) is 0. The molecule has 2 N–H and O–H groups in total. The maximum Gasteiger partial charge on any atom is 0.191 e. The maximum atomic E-state index is 5.51. The molecule has 0 fully saturated rings. The molecule has 0 spiro atoms. The van der Waals surface area contributed by atoms with E-state index in [2.05, 4.69) is 34.7 Å². The summed E-state index contributed by atoms with van der Waals surface area (Å²) >= 11 is 0. The lowest BCUT2D eigenvalue weighted by atomic mass is 10.1. The van der Waals surface area contributed by atoms with Crippen LogP contribution in [-0.4, -0.2) is 38.9 Å². The van der Waals surface area contributed by atoms with E-state index in [9.17, 15) is 0 Å². The number of rotatable bonds is 10. The quantitative estimate of drug-likeness (QED) is 0.396. The summed E-state index contributed by atoms with van der Waals surface area (Å²) in [6.45, 7) is 11.1. The number of hydrogen-bond acceptors (Lipinski definition) is 3. The van der Waals surface area contributed by atoms with Crippen LogP contribution in [0.15, 0.2) is 29.3 Å². The smallest absolute Gasteiger partial charge is 0.191 e. The number of aliphatic imine (C=N–C) groups is 1. The molecule has 0 saturated carbocycles. The number of guanidine groups is 1. The van der Waals surface area contributed by atoms with E-state index in [0.717, 1.165) is 32.3 Å². The van der Waals surface area contributed by atoms with Crippen molar-refractivity contribution in [1.29, 1.82) is 0 Å². The van der Waals surface area contributed by atoms with Crippen LogP contribution in [-0.2, 0) is 22.6 Å². The highest BCUT2D eigenvalue weighted by molar-refractivity contribution is 5.79. The first kappa shape index (κ1) is 18.5. The van der Waals surface area contributed by atoms with Crippen molar-refractivity contribution in [3.63, 3.8) is 0 Å². The third kappa shape index (κ3) is 7.43. The van der Waals surface area contributed by atoms with Crippen LogP contribution in [0.3, 0.4) is 0 Å². The molecule has 5 heteroatoms. The van der Waals surface area contributed by atoms with E-state index in [1.54, 1.807) is 0 Å². The van der Waals surface area contributed by atoms with Gasteiger partial charge in [0, 0.05) is 26.3 Å². The molecule has 0 heterocycles. The first-order chi connectivity index (χ1) is 10.8. The van der Waals surface area contributed by atoms with Crippen molar-refractivity contribution >= 4 is 5.96 Å². The van der Waals surface area contributed by atoms with E-state index < -0.39 is 0 Å². The van der Waals surface area contributed by atoms with Crippen molar-refractivity contribution in [2.24, 2.45) is 4.99 Å². The fourth-order valence-corrected chi connectivity index (χ4v) is 1.96. The number of benzene rings is 1. The Hall–Kier alpha value is -1.59. The van der Waals surface area contributed by atoms with Crippen molar-refractivity contribution in [1.82, 2.24) is 10.6 Å². The average molecular weight is 307 g/mol. The monoisotopic (exact) mass is 307 g/mol. The Morgan fingerprint density at radius 2 is 1.73 bits per heavy atom. The van der Waals surface area contributed by atoms with Gasteiger partial charge < -0.3 is 20.1 Å². The molecule has 0 saturated heterocycles. The zero-order valence-electron chi connectivity index (χ0n) is 14.0. The average Bonchev–Trinajstić information content (AvgIpc) is 2.55. The summed E-state index contributed by atoms with van der Waals surface area (Å²) in [6, 6.07) is 8.26. The Balaban J connectivity index is 2.60. The molecule has 1 aromatic carbocycles. The molecule has 0 radical (unpaired) electrons. The summed E-state index contributed by atoms with van der Waals surface area (Å²) in [5, 5.41) is 6.52. The van der Waals surface area contributed by atoms with Gasteiger partial charge in [0.05, 0.1) is 19.8 Å². The molecule has 1 aromatic rings. The van der Waals surface area contributed by atoms with Crippen molar-refractivity contribution in [3.8, 4) is 0 Å². The lowest BCUT2D eigenvalue weighted by molar-refractivity contribution is 0.133. The SMILES string of the molecule is CCNC(=NCc1ccccc1COCC)NCCOCC. The van der Waals surface area contributed by atoms with Gasteiger partial charge >= 0.3 is 0 Å². The summed E-state index contributed by atoms with van der Waals surface area (Å²) in [4.78, 5) is 4.63. The summed E-state index contributed by atoms with van der Waals surface area (Å²) in [5.74, 6) is 0.813. The molecular weight excluding hydrogens is 278 g/mol. The lowest BCUT2D eigenvalue weighted by Gasteiger charge is -2.12. The Labute approximate surface area is 134 Å². The second kappa shape index (κ2) is 12.0. The fourth-order valence-electron chi connectivity index (χ4n) is 1.96. The standard InChI is InChI=1S/C17H29N3O2/c1-4-18-17(19-11-12-21-5-2)20-13-15-9-7-8-10-16(15)14-22-6-3/h7-10H,4-6,11-14H2,1-3H3,(H2,18,19,20). The van der Waals surface area contributed by atoms with Gasteiger partial charge in [-0.25, -0.2) is 4.99 Å². The van der Waals surface area contributed by atoms with E-state index in [0.29, 0.717) is 19.8 Å². The highest BCUT2D eigenvalue weighted by Crippen LogP contribution is 2.11. The van der Waals surface area contributed by atoms with Crippen LogP contribution < -0.4 is 10.6 Å². The third-order valence-corrected chi connectivity index (χ3v) is 3.07. The van der Waals surface area contributed by atoms with Gasteiger partial charge in [0.2, 0.25) is 0 Å². The van der Waals surface area contributed by atoms with Crippen LogP contribution in [0.1, 0.15) is 31.9 Å². The van der Waals surface area contributed by atoms with Gasteiger partial charge in [-0.2, -0.15) is 0 Å². The van der Waals surface area contributed by atoms with Gasteiger partial charge in [0.15, 0.2) is 5.96 Å². The van der Waals surface area contributed by atoms with E-state index in [-0.39, 0.29) is 0 Å². The van der Waals surface area contributed by atoms with E-state index >= 15 is 0 Å². The Morgan fingerprint density at radius 3 is 2.41 bits per heavy atom. The Kier molecular flexibility index (Phi) is 10.1. The molecule has 0 aromatic heterocycles. The highest BCUT2D eigenvalue weighted by Gasteiger charge is 2.02. The van der Waals surface area contributed by atoms with Crippen molar-refractivity contribution in [2.45, 2.75) is 33.9 Å². The zero-order valence-corrected chi connectivity index (χ0v) is 14.0. The Bertz CT molecular complexity index is 436. The minimum atomic E-state index is 0.632. The molecule has 0 aliphatic heterocycles. The highest BCUT2D eigenvalue weighted by atomic mass is 16.5. The zero-order chi connectivity index (χ0) is 16.0. The van der Waals surface area contributed by atoms with Crippen molar-refractivity contribution in [3.05, 3.63) is 35.4 Å². The summed E-state index contributed by atoms with van der Waals surface area (Å²) < 4.78 is 10.8. The van der Waals surface area contributed by atoms with Crippen LogP contribution in [0.25, 0.3) is 0 Å². The maximum absolute atomic E-state index is 5.51. The minimum absolute atomic E-state index is 0.632. The van der Waals surface area contributed by atoms with Gasteiger partial charge in [-0.15, -0.1) is 0 Å². The topological polar surface area (TPSA) is 54.9 Å². The van der Waals surface area contributed by atoms with Gasteiger partial charge in [0.1, 0.15) is 0 Å². The minimum Gasteiger partial charge on any atom is -0.380 e. The predicted octanol–water partition coefficient (Wildman–Crippen LogP) is 2.31. The van der Waals surface area contributed by atoms with Gasteiger partial charge in [-0.05, 0) is 31.9 Å². The normalized spacial score (nSPS) is 11.5. The number of ether oxygens (including phenoxy) is 2. The molecule has 0 amide bonds. The van der Waals surface area contributed by atoms with Gasteiger partial charge in [-0.1, -0.05) is 24.3 Å². The Morgan fingerprint density at radius 1 is 1.00 bits per heavy atom. The molecule has 0 unspecified atom stereocenters. The fraction of sp³-hybridized carbons (Fsp3) is 0.588. The van der Waals surface area contributed by atoms with E-state index in [1.165, 1.54) is 11.1 Å². The summed E-state index contributed by atoms with van der Waals surface area (Å²) in [6.07, 6.45) is 0. The number of nitrogens with one attached hydrogen (secondary N) is 2. The molecular formula is C17H29N3O2. The number of hydrogen-bond donors (Lipinski definition) is 2. The summed E-state index contributed by atoms with van der Waals surface area (Å²) in [5.41, 5.74) is 2.39. The third-order valence-electron chi connectivity index (χ3n) is 3.07. The first-order valence-corrected chi connectivity index (χ1v) is 8.06. The molecule has 5 nitrogen and oxygen atoms in total. The first-order valence-electron chi connectivity index (χ1n) is 8.06. The molecule has 1 rings (SSSR count). The van der Waals surface area contributed by atoms with E-state index in [1.807, 2.05) is 26.0 Å². The molecule has 0 aliphatic rings. The number of nitrogens with zero attached hydrogens (tertiary/aromatic N) is 1. The van der Waals surface area contributed by atoms with Crippen LogP contribution >= 0.6 is 0 Å². The van der Waals surface area contributed by atoms with Crippen LogP contribution in [0.5, 0.6) is 0 Å².